The van der Waals surface area contributed by atoms with Crippen LogP contribution in [0.2, 0.25) is 0 Å². The zero-order valence-electron chi connectivity index (χ0n) is 15.1. The quantitative estimate of drug-likeness (QED) is 0.362. The second-order valence-electron chi connectivity index (χ2n) is 6.62. The van der Waals surface area contributed by atoms with E-state index < -0.39 is 0 Å². The van der Waals surface area contributed by atoms with Crippen molar-refractivity contribution in [3.8, 4) is 0 Å². The van der Waals surface area contributed by atoms with Crippen LogP contribution in [-0.4, -0.2) is 37.3 Å². The molecular weight excluding hydrogens is 356 g/mol. The van der Waals surface area contributed by atoms with Crippen molar-refractivity contribution in [1.29, 1.82) is 0 Å². The number of carbonyl (C=O) groups is 3. The minimum atomic E-state index is -0.343. The predicted octanol–water partition coefficient (Wildman–Crippen LogP) is 3.63. The summed E-state index contributed by atoms with van der Waals surface area (Å²) in [6.07, 6.45) is 0.517. The molecule has 0 spiro atoms. The van der Waals surface area contributed by atoms with Gasteiger partial charge in [-0.15, -0.1) is 0 Å². The number of hydrogen-bond donors (Lipinski definition) is 2. The van der Waals surface area contributed by atoms with Gasteiger partial charge in [-0.1, -0.05) is 24.3 Å². The van der Waals surface area contributed by atoms with Crippen LogP contribution in [0.15, 0.2) is 48.5 Å². The third-order valence-electron chi connectivity index (χ3n) is 4.52. The van der Waals surface area contributed by atoms with Gasteiger partial charge in [0.25, 0.3) is 0 Å². The molecule has 0 aliphatic heterocycles. The summed E-state index contributed by atoms with van der Waals surface area (Å²) in [6, 6.07) is 14.7. The molecule has 0 saturated heterocycles. The van der Waals surface area contributed by atoms with Gasteiger partial charge in [-0.2, -0.15) is 0 Å². The van der Waals surface area contributed by atoms with E-state index in [-0.39, 0.29) is 42.4 Å². The molecule has 4 rings (SSSR count). The lowest BCUT2D eigenvalue weighted by molar-refractivity contribution is -0.118. The second-order valence-corrected chi connectivity index (χ2v) is 6.62. The maximum atomic E-state index is 12.3. The van der Waals surface area contributed by atoms with Crippen molar-refractivity contribution in [2.45, 2.75) is 25.7 Å². The number of ketones is 3. The molecule has 0 unspecified atom stereocenters. The number of hydrogen-bond acceptors (Lipinski definition) is 5. The number of aromatic amines is 2. The molecule has 0 fully saturated rings. The van der Waals surface area contributed by atoms with Crippen molar-refractivity contribution < 1.29 is 14.4 Å². The summed E-state index contributed by atoms with van der Waals surface area (Å²) in [6.45, 7) is 0. The van der Waals surface area contributed by atoms with Crippen LogP contribution in [0.1, 0.15) is 46.9 Å². The average Bonchev–Trinajstić information content (AvgIpc) is 3.32. The summed E-state index contributed by atoms with van der Waals surface area (Å²) in [5.74, 6) is -0.208. The summed E-state index contributed by atoms with van der Waals surface area (Å²) >= 11 is 0. The summed E-state index contributed by atoms with van der Waals surface area (Å²) in [7, 11) is 0. The van der Waals surface area contributed by atoms with Crippen LogP contribution >= 0.6 is 0 Å². The molecule has 0 amide bonds. The normalized spacial score (nSPS) is 11.1. The van der Waals surface area contributed by atoms with E-state index in [1.807, 2.05) is 42.5 Å². The van der Waals surface area contributed by atoms with Gasteiger partial charge in [-0.05, 0) is 30.7 Å². The van der Waals surface area contributed by atoms with Crippen molar-refractivity contribution in [3.63, 3.8) is 0 Å². The standard InChI is InChI=1S/C21H18N4O3/c26-13(12-19(28)21-24-16-9-3-4-10-17(16)25-21)6-5-11-18(27)20-22-14-7-1-2-8-15(14)23-20/h1-4,7-10H,5-6,11-12H2,(H,22,23)(H,24,25). The maximum Gasteiger partial charge on any atom is 0.205 e. The topological polar surface area (TPSA) is 109 Å². The van der Waals surface area contributed by atoms with Gasteiger partial charge in [0.15, 0.2) is 17.4 Å². The highest BCUT2D eigenvalue weighted by Crippen LogP contribution is 2.14. The first-order valence-corrected chi connectivity index (χ1v) is 9.08. The van der Waals surface area contributed by atoms with Crippen molar-refractivity contribution in [2.75, 3.05) is 0 Å². The maximum absolute atomic E-state index is 12.3. The molecule has 2 aromatic carbocycles. The minimum Gasteiger partial charge on any atom is -0.335 e. The number of aromatic nitrogens is 4. The van der Waals surface area contributed by atoms with Crippen molar-refractivity contribution in [3.05, 3.63) is 60.2 Å². The van der Waals surface area contributed by atoms with Crippen LogP contribution in [0.3, 0.4) is 0 Å². The molecule has 0 saturated carbocycles. The molecule has 4 aromatic rings. The molecule has 2 heterocycles. The first kappa shape index (κ1) is 17.8. The number of rotatable bonds is 8. The number of carbonyl (C=O) groups excluding carboxylic acids is 3. The summed E-state index contributed by atoms with van der Waals surface area (Å²) < 4.78 is 0. The third kappa shape index (κ3) is 3.73. The van der Waals surface area contributed by atoms with Crippen LogP contribution in [0.4, 0.5) is 0 Å². The number of benzene rings is 2. The van der Waals surface area contributed by atoms with Gasteiger partial charge >= 0.3 is 0 Å². The molecule has 28 heavy (non-hydrogen) atoms. The minimum absolute atomic E-state index is 0.146. The van der Waals surface area contributed by atoms with Crippen molar-refractivity contribution in [1.82, 2.24) is 19.9 Å². The van der Waals surface area contributed by atoms with Crippen LogP contribution in [-0.2, 0) is 4.79 Å². The molecule has 0 radical (unpaired) electrons. The highest BCUT2D eigenvalue weighted by Gasteiger charge is 2.17. The number of Topliss-reactive ketones (excluding diaryl/α,β-unsaturated/α-hetero) is 3. The van der Waals surface area contributed by atoms with Crippen molar-refractivity contribution in [2.24, 2.45) is 0 Å². The largest absolute Gasteiger partial charge is 0.335 e. The average molecular weight is 374 g/mol. The molecule has 0 atom stereocenters. The van der Waals surface area contributed by atoms with Crippen LogP contribution in [0, 0.1) is 0 Å². The van der Waals surface area contributed by atoms with Gasteiger partial charge < -0.3 is 9.97 Å². The first-order chi connectivity index (χ1) is 13.6. The monoisotopic (exact) mass is 374 g/mol. The van der Waals surface area contributed by atoms with E-state index in [0.717, 1.165) is 16.6 Å². The van der Waals surface area contributed by atoms with Crippen LogP contribution < -0.4 is 0 Å². The molecule has 140 valence electrons. The van der Waals surface area contributed by atoms with E-state index in [1.54, 1.807) is 6.07 Å². The molecule has 0 bridgehead atoms. The fourth-order valence-electron chi connectivity index (χ4n) is 3.09. The summed E-state index contributed by atoms with van der Waals surface area (Å²) in [5, 5.41) is 0. The van der Waals surface area contributed by atoms with Gasteiger partial charge in [-0.3, -0.25) is 14.4 Å². The van der Waals surface area contributed by atoms with E-state index >= 15 is 0 Å². The fourth-order valence-corrected chi connectivity index (χ4v) is 3.09. The number of nitrogens with one attached hydrogen (secondary N) is 2. The Kier molecular flexibility index (Phi) is 4.80. The van der Waals surface area contributed by atoms with Crippen LogP contribution in [0.5, 0.6) is 0 Å². The van der Waals surface area contributed by atoms with E-state index in [1.165, 1.54) is 0 Å². The highest BCUT2D eigenvalue weighted by molar-refractivity contribution is 6.07. The van der Waals surface area contributed by atoms with Gasteiger partial charge in [0.1, 0.15) is 5.78 Å². The van der Waals surface area contributed by atoms with Gasteiger partial charge in [0.05, 0.1) is 28.5 Å². The number of para-hydroxylation sites is 4. The molecule has 2 aromatic heterocycles. The Morgan fingerprint density at radius 3 is 1.82 bits per heavy atom. The molecule has 0 aliphatic rings. The molecule has 2 N–H and O–H groups in total. The lowest BCUT2D eigenvalue weighted by atomic mass is 10.1. The Balaban J connectivity index is 1.29. The van der Waals surface area contributed by atoms with E-state index in [4.69, 9.17) is 0 Å². The molecule has 0 aliphatic carbocycles. The van der Waals surface area contributed by atoms with E-state index in [0.29, 0.717) is 17.8 Å². The number of imidazole rings is 2. The van der Waals surface area contributed by atoms with E-state index in [9.17, 15) is 14.4 Å². The van der Waals surface area contributed by atoms with Crippen LogP contribution in [0.25, 0.3) is 22.1 Å². The summed E-state index contributed by atoms with van der Waals surface area (Å²) in [4.78, 5) is 51.0. The number of fused-ring (bicyclic) bond motifs is 2. The first-order valence-electron chi connectivity index (χ1n) is 9.08. The second kappa shape index (κ2) is 7.56. The Bertz CT molecular complexity index is 1120. The van der Waals surface area contributed by atoms with Crippen molar-refractivity contribution >= 4 is 39.4 Å². The lowest BCUT2D eigenvalue weighted by Gasteiger charge is -1.99. The molecule has 7 nitrogen and oxygen atoms in total. The SMILES string of the molecule is O=C(CCCC(=O)c1nc2ccccc2[nH]1)CC(=O)c1nc2ccccc2[nH]1. The Morgan fingerprint density at radius 2 is 1.25 bits per heavy atom. The third-order valence-corrected chi connectivity index (χ3v) is 4.52. The Morgan fingerprint density at radius 1 is 0.714 bits per heavy atom. The highest BCUT2D eigenvalue weighted by atomic mass is 16.1. The predicted molar refractivity (Wildman–Crippen MR) is 104 cm³/mol. The van der Waals surface area contributed by atoms with Gasteiger partial charge in [-0.25, -0.2) is 9.97 Å². The lowest BCUT2D eigenvalue weighted by Crippen LogP contribution is -2.10. The number of nitrogens with zero attached hydrogens (tertiary/aromatic N) is 2. The van der Waals surface area contributed by atoms with Gasteiger partial charge in [0, 0.05) is 12.8 Å². The van der Waals surface area contributed by atoms with E-state index in [2.05, 4.69) is 19.9 Å². The zero-order chi connectivity index (χ0) is 19.5. The Hall–Kier alpha value is -3.61. The fraction of sp³-hybridized carbons (Fsp3) is 0.190. The number of H-pyrrole nitrogens is 2. The van der Waals surface area contributed by atoms with Gasteiger partial charge in [0.2, 0.25) is 5.78 Å². The smallest absolute Gasteiger partial charge is 0.205 e. The summed E-state index contributed by atoms with van der Waals surface area (Å²) in [5.41, 5.74) is 2.99. The molecule has 7 heteroatoms. The Labute approximate surface area is 160 Å². The molecular formula is C21H18N4O3. The zero-order valence-corrected chi connectivity index (χ0v) is 15.1.